The molecule has 18 heavy (non-hydrogen) atoms. The molecule has 0 spiro atoms. The van der Waals surface area contributed by atoms with E-state index >= 15 is 0 Å². The van der Waals surface area contributed by atoms with Crippen LogP contribution in [0.4, 0.5) is 10.1 Å². The van der Waals surface area contributed by atoms with Gasteiger partial charge in [-0.15, -0.1) is 0 Å². The maximum atomic E-state index is 13.2. The van der Waals surface area contributed by atoms with E-state index in [9.17, 15) is 9.18 Å². The molecule has 0 atom stereocenters. The average Bonchev–Trinajstić information content (AvgIpc) is 2.31. The van der Waals surface area contributed by atoms with Gasteiger partial charge in [0, 0.05) is 11.8 Å². The molecule has 0 unspecified atom stereocenters. The average molecular weight is 254 g/mol. The fraction of sp³-hybridized carbons (Fsp3) is 0.462. The molecule has 0 heterocycles. The molecule has 0 radical (unpaired) electrons. The van der Waals surface area contributed by atoms with Gasteiger partial charge in [-0.05, 0) is 32.5 Å². The van der Waals surface area contributed by atoms with Crippen LogP contribution in [0, 0.1) is 5.82 Å². The van der Waals surface area contributed by atoms with E-state index in [4.69, 9.17) is 4.74 Å². The third kappa shape index (κ3) is 3.43. The summed E-state index contributed by atoms with van der Waals surface area (Å²) >= 11 is 0. The Morgan fingerprint density at radius 1 is 1.44 bits per heavy atom. The second-order valence-corrected chi connectivity index (χ2v) is 4.46. The Balaban J connectivity index is 2.82. The molecule has 0 aliphatic heterocycles. The molecule has 1 amide bonds. The number of likely N-dealkylation sites (N-methyl/N-ethyl adjacent to an activating group) is 1. The first kappa shape index (κ1) is 14.4. The Kier molecular flexibility index (Phi) is 4.67. The van der Waals surface area contributed by atoms with Crippen LogP contribution in [0.1, 0.15) is 20.8 Å². The van der Waals surface area contributed by atoms with Gasteiger partial charge >= 0.3 is 0 Å². The minimum Gasteiger partial charge on any atom is -0.494 e. The summed E-state index contributed by atoms with van der Waals surface area (Å²) in [4.78, 5) is 12.0. The van der Waals surface area contributed by atoms with Gasteiger partial charge in [-0.2, -0.15) is 0 Å². The fourth-order valence-electron chi connectivity index (χ4n) is 1.55. The van der Waals surface area contributed by atoms with Crippen molar-refractivity contribution in [3.63, 3.8) is 0 Å². The molecule has 0 fully saturated rings. The van der Waals surface area contributed by atoms with Crippen molar-refractivity contribution in [1.82, 2.24) is 5.32 Å². The summed E-state index contributed by atoms with van der Waals surface area (Å²) in [7, 11) is 1.38. The lowest BCUT2D eigenvalue weighted by Gasteiger charge is -2.24. The van der Waals surface area contributed by atoms with Gasteiger partial charge in [0.2, 0.25) is 5.91 Å². The van der Waals surface area contributed by atoms with Crippen LogP contribution >= 0.6 is 0 Å². The van der Waals surface area contributed by atoms with Crippen molar-refractivity contribution in [1.29, 1.82) is 0 Å². The molecule has 0 saturated carbocycles. The van der Waals surface area contributed by atoms with E-state index in [2.05, 4.69) is 10.6 Å². The Morgan fingerprint density at radius 2 is 2.11 bits per heavy atom. The maximum absolute atomic E-state index is 13.2. The van der Waals surface area contributed by atoms with Gasteiger partial charge in [-0.1, -0.05) is 6.92 Å². The van der Waals surface area contributed by atoms with Gasteiger partial charge in [-0.3, -0.25) is 4.79 Å². The van der Waals surface area contributed by atoms with E-state index in [1.54, 1.807) is 13.8 Å². The third-order valence-corrected chi connectivity index (χ3v) is 2.60. The molecule has 5 heteroatoms. The van der Waals surface area contributed by atoms with Crippen molar-refractivity contribution < 1.29 is 13.9 Å². The monoisotopic (exact) mass is 254 g/mol. The zero-order chi connectivity index (χ0) is 13.8. The van der Waals surface area contributed by atoms with E-state index in [0.717, 1.165) is 0 Å². The molecule has 0 saturated heterocycles. The highest BCUT2D eigenvalue weighted by atomic mass is 19.1. The van der Waals surface area contributed by atoms with Gasteiger partial charge < -0.3 is 15.4 Å². The van der Waals surface area contributed by atoms with Crippen molar-refractivity contribution in [2.75, 3.05) is 19.0 Å². The number of nitrogens with one attached hydrogen (secondary N) is 2. The molecule has 1 aromatic rings. The number of carbonyl (C=O) groups excluding carboxylic acids is 1. The summed E-state index contributed by atoms with van der Waals surface area (Å²) in [6.07, 6.45) is 0. The van der Waals surface area contributed by atoms with Crippen LogP contribution in [0.25, 0.3) is 0 Å². The number of rotatable bonds is 5. The van der Waals surface area contributed by atoms with Crippen molar-refractivity contribution in [3.8, 4) is 5.75 Å². The number of carbonyl (C=O) groups is 1. The van der Waals surface area contributed by atoms with E-state index in [0.29, 0.717) is 12.2 Å². The Labute approximate surface area is 107 Å². The number of hydrogen-bond acceptors (Lipinski definition) is 3. The highest BCUT2D eigenvalue weighted by Gasteiger charge is 2.26. The largest absolute Gasteiger partial charge is 0.494 e. The smallest absolute Gasteiger partial charge is 0.244 e. The second kappa shape index (κ2) is 5.82. The Morgan fingerprint density at radius 3 is 2.67 bits per heavy atom. The van der Waals surface area contributed by atoms with Crippen molar-refractivity contribution in [2.45, 2.75) is 26.3 Å². The topological polar surface area (TPSA) is 50.4 Å². The Hall–Kier alpha value is -1.62. The number of benzene rings is 1. The molecule has 0 aliphatic rings. The van der Waals surface area contributed by atoms with E-state index in [1.165, 1.54) is 25.3 Å². The number of hydrogen-bond donors (Lipinski definition) is 2. The minimum absolute atomic E-state index is 0.106. The highest BCUT2D eigenvalue weighted by Crippen LogP contribution is 2.22. The molecule has 0 aromatic heterocycles. The van der Waals surface area contributed by atoms with Crippen LogP contribution in [0.5, 0.6) is 5.75 Å². The van der Waals surface area contributed by atoms with E-state index < -0.39 is 11.4 Å². The summed E-state index contributed by atoms with van der Waals surface area (Å²) < 4.78 is 18.1. The van der Waals surface area contributed by atoms with Crippen LogP contribution in [-0.4, -0.2) is 25.1 Å². The first-order valence-corrected chi connectivity index (χ1v) is 5.80. The van der Waals surface area contributed by atoms with Gasteiger partial charge in [0.1, 0.15) is 0 Å². The van der Waals surface area contributed by atoms with Gasteiger partial charge in [-0.25, -0.2) is 4.39 Å². The zero-order valence-electron chi connectivity index (χ0n) is 11.1. The second-order valence-electron chi connectivity index (χ2n) is 4.46. The summed E-state index contributed by atoms with van der Waals surface area (Å²) in [6, 6.07) is 4.21. The molecule has 2 N–H and O–H groups in total. The molecule has 0 aliphatic carbocycles. The lowest BCUT2D eigenvalue weighted by Crippen LogP contribution is -2.49. The molecule has 4 nitrogen and oxygen atoms in total. The summed E-state index contributed by atoms with van der Waals surface area (Å²) in [5.74, 6) is -0.534. The van der Waals surface area contributed by atoms with Crippen LogP contribution in [0.15, 0.2) is 18.2 Å². The van der Waals surface area contributed by atoms with E-state index in [1.807, 2.05) is 6.92 Å². The maximum Gasteiger partial charge on any atom is 0.244 e. The normalized spacial score (nSPS) is 11.2. The summed E-state index contributed by atoms with van der Waals surface area (Å²) in [6.45, 7) is 6.18. The predicted molar refractivity (Wildman–Crippen MR) is 69.3 cm³/mol. The van der Waals surface area contributed by atoms with Crippen molar-refractivity contribution in [3.05, 3.63) is 24.0 Å². The predicted octanol–water partition coefficient (Wildman–Crippen LogP) is 2.16. The number of amides is 1. The van der Waals surface area contributed by atoms with Crippen LogP contribution < -0.4 is 15.4 Å². The van der Waals surface area contributed by atoms with Gasteiger partial charge in [0.15, 0.2) is 11.6 Å². The number of halogens is 1. The van der Waals surface area contributed by atoms with Gasteiger partial charge in [0.05, 0.1) is 12.6 Å². The van der Waals surface area contributed by atoms with Crippen LogP contribution in [0.3, 0.4) is 0 Å². The SMILES string of the molecule is CCNC(C)(C)C(=O)Nc1ccc(F)c(OC)c1. The number of anilines is 1. The number of ether oxygens (including phenoxy) is 1. The first-order chi connectivity index (χ1) is 8.40. The molecule has 1 aromatic carbocycles. The minimum atomic E-state index is -0.684. The van der Waals surface area contributed by atoms with Gasteiger partial charge in [0.25, 0.3) is 0 Å². The lowest BCUT2D eigenvalue weighted by atomic mass is 10.0. The quantitative estimate of drug-likeness (QED) is 0.846. The van der Waals surface area contributed by atoms with Crippen molar-refractivity contribution >= 4 is 11.6 Å². The Bertz CT molecular complexity index is 433. The van der Waals surface area contributed by atoms with Crippen molar-refractivity contribution in [2.24, 2.45) is 0 Å². The lowest BCUT2D eigenvalue weighted by molar-refractivity contribution is -0.121. The standard InChI is InChI=1S/C13H19FN2O2/c1-5-15-13(2,3)12(17)16-9-6-7-10(14)11(8-9)18-4/h6-8,15H,5H2,1-4H3,(H,16,17). The van der Waals surface area contributed by atoms with E-state index in [-0.39, 0.29) is 11.7 Å². The zero-order valence-corrected chi connectivity index (χ0v) is 11.1. The summed E-state index contributed by atoms with van der Waals surface area (Å²) in [5, 5.41) is 5.79. The molecular weight excluding hydrogens is 235 g/mol. The fourth-order valence-corrected chi connectivity index (χ4v) is 1.55. The molecule has 100 valence electrons. The number of methoxy groups -OCH3 is 1. The third-order valence-electron chi connectivity index (χ3n) is 2.60. The molecule has 0 bridgehead atoms. The first-order valence-electron chi connectivity index (χ1n) is 5.80. The molecule has 1 rings (SSSR count). The molecular formula is C13H19FN2O2. The highest BCUT2D eigenvalue weighted by molar-refractivity contribution is 5.97. The van der Waals surface area contributed by atoms with Crippen LogP contribution in [0.2, 0.25) is 0 Å². The summed E-state index contributed by atoms with van der Waals surface area (Å²) in [5.41, 5.74) is -0.180. The van der Waals surface area contributed by atoms with Crippen LogP contribution in [-0.2, 0) is 4.79 Å².